The molecule has 3 aromatic rings. The van der Waals surface area contributed by atoms with Gasteiger partial charge >= 0.3 is 0 Å². The van der Waals surface area contributed by atoms with E-state index in [0.717, 1.165) is 66.8 Å². The van der Waals surface area contributed by atoms with Crippen LogP contribution in [0.15, 0.2) is 49.1 Å². The maximum Gasteiger partial charge on any atom is 0.226 e. The minimum Gasteiger partial charge on any atom is -0.370 e. The van der Waals surface area contributed by atoms with Crippen molar-refractivity contribution >= 4 is 23.2 Å². The third-order valence-electron chi connectivity index (χ3n) is 6.94. The maximum atomic E-state index is 12.4. The van der Waals surface area contributed by atoms with Gasteiger partial charge < -0.3 is 10.2 Å². The highest BCUT2D eigenvalue weighted by Crippen LogP contribution is 2.43. The molecule has 2 saturated heterocycles. The van der Waals surface area contributed by atoms with Crippen LogP contribution < -0.4 is 10.2 Å². The van der Waals surface area contributed by atoms with Crippen LogP contribution in [-0.4, -0.2) is 40.3 Å². The molecule has 0 radical (unpaired) electrons. The molecule has 1 spiro atoms. The normalized spacial score (nSPS) is 17.9. The molecule has 1 aromatic carbocycles. The van der Waals surface area contributed by atoms with E-state index >= 15 is 0 Å². The summed E-state index contributed by atoms with van der Waals surface area (Å²) >= 11 is 6.66. The molecule has 1 N–H and O–H groups in total. The number of aromatic nitrogens is 3. The van der Waals surface area contributed by atoms with E-state index in [1.807, 2.05) is 17.1 Å². The standard InChI is InChI=1S/C25H28ClN5O/c1-17(2)31-16-20(13-29-31)18-3-5-19(6-4-18)21-14-27-15-22(26)23(21)30-11-8-25(9-12-30)7-10-28-24(25)32/h3-6,13-17H,7-12H2,1-2H3,(H,28,32). The fourth-order valence-electron chi connectivity index (χ4n) is 4.92. The Balaban J connectivity index is 1.41. The first kappa shape index (κ1) is 21.0. The topological polar surface area (TPSA) is 63.1 Å². The van der Waals surface area contributed by atoms with Gasteiger partial charge in [0.15, 0.2) is 0 Å². The van der Waals surface area contributed by atoms with Gasteiger partial charge in [0, 0.05) is 55.4 Å². The van der Waals surface area contributed by atoms with Gasteiger partial charge in [0.2, 0.25) is 5.91 Å². The average Bonchev–Trinajstić information content (AvgIpc) is 3.43. The largest absolute Gasteiger partial charge is 0.370 e. The summed E-state index contributed by atoms with van der Waals surface area (Å²) in [7, 11) is 0. The van der Waals surface area contributed by atoms with Crippen LogP contribution >= 0.6 is 11.6 Å². The first-order valence-electron chi connectivity index (χ1n) is 11.3. The van der Waals surface area contributed by atoms with Crippen LogP contribution in [0.5, 0.6) is 0 Å². The van der Waals surface area contributed by atoms with Gasteiger partial charge in [-0.1, -0.05) is 35.9 Å². The summed E-state index contributed by atoms with van der Waals surface area (Å²) < 4.78 is 1.97. The third-order valence-corrected chi connectivity index (χ3v) is 7.22. The molecule has 2 fully saturated rings. The number of nitrogens with one attached hydrogen (secondary N) is 1. The van der Waals surface area contributed by atoms with Crippen molar-refractivity contribution in [1.29, 1.82) is 0 Å². The zero-order valence-corrected chi connectivity index (χ0v) is 19.3. The van der Waals surface area contributed by atoms with Crippen molar-refractivity contribution in [2.75, 3.05) is 24.5 Å². The molecule has 166 valence electrons. The number of pyridine rings is 1. The molecule has 0 bridgehead atoms. The van der Waals surface area contributed by atoms with Crippen molar-refractivity contribution in [3.8, 4) is 22.3 Å². The number of piperidine rings is 1. The number of anilines is 1. The van der Waals surface area contributed by atoms with Gasteiger partial charge in [-0.2, -0.15) is 5.10 Å². The van der Waals surface area contributed by atoms with E-state index in [1.165, 1.54) is 0 Å². The van der Waals surface area contributed by atoms with Crippen LogP contribution in [0.3, 0.4) is 0 Å². The van der Waals surface area contributed by atoms with Crippen LogP contribution in [0, 0.1) is 5.41 Å². The number of nitrogens with zero attached hydrogens (tertiary/aromatic N) is 4. The molecule has 1 amide bonds. The summed E-state index contributed by atoms with van der Waals surface area (Å²) in [6, 6.07) is 8.82. The minimum absolute atomic E-state index is 0.196. The highest BCUT2D eigenvalue weighted by Gasteiger charge is 2.44. The lowest BCUT2D eigenvalue weighted by Crippen LogP contribution is -2.44. The molecule has 0 aliphatic carbocycles. The van der Waals surface area contributed by atoms with E-state index in [1.54, 1.807) is 6.20 Å². The lowest BCUT2D eigenvalue weighted by molar-refractivity contribution is -0.128. The van der Waals surface area contributed by atoms with Crippen LogP contribution in [0.1, 0.15) is 39.2 Å². The highest BCUT2D eigenvalue weighted by atomic mass is 35.5. The van der Waals surface area contributed by atoms with Gasteiger partial charge in [0.05, 0.1) is 22.3 Å². The molecule has 2 aliphatic heterocycles. The zero-order valence-electron chi connectivity index (χ0n) is 18.5. The van der Waals surface area contributed by atoms with Crippen molar-refractivity contribution < 1.29 is 4.79 Å². The Morgan fingerprint density at radius 2 is 1.72 bits per heavy atom. The Kier molecular flexibility index (Phi) is 5.41. The number of carbonyl (C=O) groups excluding carboxylic acids is 1. The lowest BCUT2D eigenvalue weighted by atomic mass is 9.77. The first-order chi connectivity index (χ1) is 15.5. The Labute approximate surface area is 193 Å². The van der Waals surface area contributed by atoms with Crippen LogP contribution in [0.4, 0.5) is 5.69 Å². The molecule has 0 atom stereocenters. The molecule has 7 heteroatoms. The predicted molar refractivity (Wildman–Crippen MR) is 128 cm³/mol. The summed E-state index contributed by atoms with van der Waals surface area (Å²) in [5.41, 5.74) is 5.14. The van der Waals surface area contributed by atoms with Crippen molar-refractivity contribution in [3.05, 3.63) is 54.1 Å². The van der Waals surface area contributed by atoms with Crippen molar-refractivity contribution in [3.63, 3.8) is 0 Å². The monoisotopic (exact) mass is 449 g/mol. The van der Waals surface area contributed by atoms with E-state index in [2.05, 4.69) is 64.6 Å². The molecule has 6 nitrogen and oxygen atoms in total. The molecule has 5 rings (SSSR count). The summed E-state index contributed by atoms with van der Waals surface area (Å²) in [6.45, 7) is 6.67. The van der Waals surface area contributed by atoms with Crippen molar-refractivity contribution in [2.45, 2.75) is 39.2 Å². The minimum atomic E-state index is -0.196. The number of hydrogen-bond donors (Lipinski definition) is 1. The molecular weight excluding hydrogens is 422 g/mol. The molecule has 0 unspecified atom stereocenters. The maximum absolute atomic E-state index is 12.4. The summed E-state index contributed by atoms with van der Waals surface area (Å²) in [4.78, 5) is 19.0. The second-order valence-electron chi connectivity index (χ2n) is 9.17. The number of hydrogen-bond acceptors (Lipinski definition) is 4. The average molecular weight is 450 g/mol. The molecular formula is C25H28ClN5O. The number of rotatable bonds is 4. The van der Waals surface area contributed by atoms with E-state index < -0.39 is 0 Å². The Hall–Kier alpha value is -2.86. The van der Waals surface area contributed by atoms with Crippen molar-refractivity contribution in [2.24, 2.45) is 5.41 Å². The van der Waals surface area contributed by atoms with Crippen LogP contribution in [-0.2, 0) is 4.79 Å². The van der Waals surface area contributed by atoms with Gasteiger partial charge in [-0.15, -0.1) is 0 Å². The lowest BCUT2D eigenvalue weighted by Gasteiger charge is -2.39. The van der Waals surface area contributed by atoms with Crippen molar-refractivity contribution in [1.82, 2.24) is 20.1 Å². The predicted octanol–water partition coefficient (Wildman–Crippen LogP) is 4.95. The second-order valence-corrected chi connectivity index (χ2v) is 9.58. The molecule has 0 saturated carbocycles. The van der Waals surface area contributed by atoms with Crippen LogP contribution in [0.25, 0.3) is 22.3 Å². The molecule has 2 aromatic heterocycles. The smallest absolute Gasteiger partial charge is 0.226 e. The summed E-state index contributed by atoms with van der Waals surface area (Å²) in [5, 5.41) is 8.11. The fourth-order valence-corrected chi connectivity index (χ4v) is 5.20. The Morgan fingerprint density at radius 1 is 1.00 bits per heavy atom. The second kappa shape index (κ2) is 8.24. The van der Waals surface area contributed by atoms with Gasteiger partial charge in [-0.25, -0.2) is 0 Å². The molecule has 32 heavy (non-hydrogen) atoms. The Bertz CT molecular complexity index is 1130. The molecule has 2 aliphatic rings. The summed E-state index contributed by atoms with van der Waals surface area (Å²) in [5.74, 6) is 0.217. The van der Waals surface area contributed by atoms with Gasteiger partial charge in [-0.3, -0.25) is 14.5 Å². The van der Waals surface area contributed by atoms with Gasteiger partial charge in [0.1, 0.15) is 0 Å². The number of amides is 1. The highest BCUT2D eigenvalue weighted by molar-refractivity contribution is 6.33. The van der Waals surface area contributed by atoms with E-state index in [9.17, 15) is 4.79 Å². The summed E-state index contributed by atoms with van der Waals surface area (Å²) in [6.07, 6.45) is 10.2. The van der Waals surface area contributed by atoms with Crippen LogP contribution in [0.2, 0.25) is 5.02 Å². The van der Waals surface area contributed by atoms with E-state index in [-0.39, 0.29) is 11.3 Å². The van der Waals surface area contributed by atoms with Gasteiger partial charge in [0.25, 0.3) is 0 Å². The quantitative estimate of drug-likeness (QED) is 0.611. The zero-order chi connectivity index (χ0) is 22.3. The first-order valence-corrected chi connectivity index (χ1v) is 11.7. The van der Waals surface area contributed by atoms with E-state index in [0.29, 0.717) is 11.1 Å². The number of benzene rings is 1. The van der Waals surface area contributed by atoms with E-state index in [4.69, 9.17) is 11.6 Å². The van der Waals surface area contributed by atoms with Gasteiger partial charge in [-0.05, 0) is 44.2 Å². The SMILES string of the molecule is CC(C)n1cc(-c2ccc(-c3cncc(Cl)c3N3CCC4(CCNC4=O)CC3)cc2)cn1. The third kappa shape index (κ3) is 3.66. The number of carbonyl (C=O) groups is 1. The Morgan fingerprint density at radius 3 is 2.34 bits per heavy atom. The number of halogens is 1. The fraction of sp³-hybridized carbons (Fsp3) is 0.400. The molecule has 4 heterocycles.